The fourth-order valence-corrected chi connectivity index (χ4v) is 1.48. The molecule has 1 aromatic heterocycles. The molecule has 1 aromatic carbocycles. The molecule has 0 atom stereocenters. The molecular weight excluding hydrogens is 223 g/mol. The zero-order valence-corrected chi connectivity index (χ0v) is 8.50. The summed E-state index contributed by atoms with van der Waals surface area (Å²) in [6.07, 6.45) is 0. The topological polar surface area (TPSA) is 54.5 Å². The van der Waals surface area contributed by atoms with Crippen molar-refractivity contribution in [3.63, 3.8) is 0 Å². The van der Waals surface area contributed by atoms with E-state index in [0.29, 0.717) is 5.56 Å². The highest BCUT2D eigenvalue weighted by Gasteiger charge is 2.33. The molecule has 0 saturated carbocycles. The lowest BCUT2D eigenvalue weighted by Gasteiger charge is -2.14. The minimum Gasteiger partial charge on any atom is -0.177 e. The quantitative estimate of drug-likeness (QED) is 0.800. The zero-order valence-electron chi connectivity index (χ0n) is 6.98. The lowest BCUT2D eigenvalue weighted by Crippen LogP contribution is -2.14. The molecule has 4 nitrogen and oxygen atoms in total. The summed E-state index contributed by atoms with van der Waals surface area (Å²) < 4.78 is -1.26. The van der Waals surface area contributed by atoms with Crippen LogP contribution in [-0.4, -0.2) is 20.6 Å². The molecule has 14 heavy (non-hydrogen) atoms. The first-order valence-corrected chi connectivity index (χ1v) is 4.64. The third-order valence-electron chi connectivity index (χ3n) is 1.76. The molecule has 1 heterocycles. The van der Waals surface area contributed by atoms with E-state index in [9.17, 15) is 0 Å². The molecule has 0 bridgehead atoms. The standard InChI is InChI=1S/C8H6Cl2N4/c9-8(10,7-11-13-14-12-7)6-4-2-1-3-5-6/h1-5H,(H,11,12,13,14). The number of aromatic amines is 1. The Hall–Kier alpha value is -1.13. The summed E-state index contributed by atoms with van der Waals surface area (Å²) in [5.41, 5.74) is 0.713. The van der Waals surface area contributed by atoms with E-state index < -0.39 is 4.33 Å². The molecule has 72 valence electrons. The van der Waals surface area contributed by atoms with Crippen molar-refractivity contribution < 1.29 is 0 Å². The molecule has 0 unspecified atom stereocenters. The maximum absolute atomic E-state index is 6.11. The van der Waals surface area contributed by atoms with E-state index >= 15 is 0 Å². The average Bonchev–Trinajstić information content (AvgIpc) is 2.72. The van der Waals surface area contributed by atoms with Crippen molar-refractivity contribution in [3.8, 4) is 0 Å². The summed E-state index contributed by atoms with van der Waals surface area (Å²) in [5.74, 6) is 0.243. The van der Waals surface area contributed by atoms with Gasteiger partial charge in [0.2, 0.25) is 10.2 Å². The first-order chi connectivity index (χ1) is 6.71. The van der Waals surface area contributed by atoms with Gasteiger partial charge in [0.15, 0.2) is 0 Å². The highest BCUT2D eigenvalue weighted by Crippen LogP contribution is 2.37. The Morgan fingerprint density at radius 2 is 1.86 bits per heavy atom. The number of benzene rings is 1. The molecule has 0 aliphatic rings. The highest BCUT2D eigenvalue weighted by molar-refractivity contribution is 6.49. The van der Waals surface area contributed by atoms with E-state index in [0.717, 1.165) is 0 Å². The Labute approximate surface area is 90.2 Å². The first-order valence-electron chi connectivity index (χ1n) is 3.88. The van der Waals surface area contributed by atoms with Gasteiger partial charge in [-0.2, -0.15) is 5.21 Å². The van der Waals surface area contributed by atoms with Gasteiger partial charge >= 0.3 is 0 Å². The monoisotopic (exact) mass is 228 g/mol. The molecule has 0 radical (unpaired) electrons. The second kappa shape index (κ2) is 3.55. The van der Waals surface area contributed by atoms with Crippen LogP contribution in [0.2, 0.25) is 0 Å². The number of nitrogens with one attached hydrogen (secondary N) is 1. The smallest absolute Gasteiger partial charge is 0.177 e. The fraction of sp³-hybridized carbons (Fsp3) is 0.125. The fourth-order valence-electron chi connectivity index (χ4n) is 1.07. The number of hydrogen-bond acceptors (Lipinski definition) is 3. The van der Waals surface area contributed by atoms with Gasteiger partial charge in [0.05, 0.1) is 0 Å². The predicted octanol–water partition coefficient (Wildman–Crippen LogP) is 1.88. The number of aromatic nitrogens is 4. The van der Waals surface area contributed by atoms with Crippen LogP contribution < -0.4 is 0 Å². The second-order valence-electron chi connectivity index (χ2n) is 2.68. The van der Waals surface area contributed by atoms with E-state index in [1.165, 1.54) is 0 Å². The van der Waals surface area contributed by atoms with Gasteiger partial charge in [-0.15, -0.1) is 10.2 Å². The summed E-state index contributed by atoms with van der Waals surface area (Å²) in [7, 11) is 0. The minimum absolute atomic E-state index is 0.243. The van der Waals surface area contributed by atoms with Crippen molar-refractivity contribution in [3.05, 3.63) is 41.7 Å². The van der Waals surface area contributed by atoms with E-state index in [2.05, 4.69) is 20.6 Å². The maximum Gasteiger partial charge on any atom is 0.215 e. The predicted molar refractivity (Wildman–Crippen MR) is 53.1 cm³/mol. The van der Waals surface area contributed by atoms with Crippen LogP contribution >= 0.6 is 23.2 Å². The number of hydrogen-bond donors (Lipinski definition) is 1. The maximum atomic E-state index is 6.11. The number of tetrazole rings is 1. The second-order valence-corrected chi connectivity index (χ2v) is 4.00. The third kappa shape index (κ3) is 1.58. The first kappa shape index (κ1) is 9.43. The van der Waals surface area contributed by atoms with Crippen LogP contribution in [0.1, 0.15) is 11.4 Å². The van der Waals surface area contributed by atoms with E-state index in [1.807, 2.05) is 18.2 Å². The molecule has 0 amide bonds. The summed E-state index contributed by atoms with van der Waals surface area (Å²) in [6, 6.07) is 9.17. The van der Waals surface area contributed by atoms with Crippen molar-refractivity contribution >= 4 is 23.2 Å². The number of alkyl halides is 2. The Balaban J connectivity index is 2.43. The number of nitrogens with zero attached hydrogens (tertiary/aromatic N) is 3. The van der Waals surface area contributed by atoms with Crippen LogP contribution in [0, 0.1) is 0 Å². The number of halogens is 2. The van der Waals surface area contributed by atoms with Gasteiger partial charge in [-0.1, -0.05) is 58.7 Å². The summed E-state index contributed by atoms with van der Waals surface area (Å²) in [6.45, 7) is 0. The van der Waals surface area contributed by atoms with Crippen LogP contribution in [0.4, 0.5) is 0 Å². The van der Waals surface area contributed by atoms with Gasteiger partial charge in [-0.05, 0) is 5.56 Å². The van der Waals surface area contributed by atoms with E-state index in [4.69, 9.17) is 23.2 Å². The highest BCUT2D eigenvalue weighted by atomic mass is 35.5. The average molecular weight is 229 g/mol. The number of H-pyrrole nitrogens is 1. The van der Waals surface area contributed by atoms with Crippen LogP contribution in [0.15, 0.2) is 30.3 Å². The van der Waals surface area contributed by atoms with Crippen LogP contribution in [0.3, 0.4) is 0 Å². The molecule has 0 aliphatic carbocycles. The lowest BCUT2D eigenvalue weighted by atomic mass is 10.1. The van der Waals surface area contributed by atoms with E-state index in [-0.39, 0.29) is 5.82 Å². The van der Waals surface area contributed by atoms with E-state index in [1.54, 1.807) is 12.1 Å². The summed E-state index contributed by atoms with van der Waals surface area (Å²) in [5, 5.41) is 13.2. The van der Waals surface area contributed by atoms with Gasteiger partial charge in [0.25, 0.3) is 0 Å². The van der Waals surface area contributed by atoms with Gasteiger partial charge in [-0.25, -0.2) is 0 Å². The zero-order chi connectivity index (χ0) is 10.0. The van der Waals surface area contributed by atoms with Crippen LogP contribution in [-0.2, 0) is 4.33 Å². The van der Waals surface area contributed by atoms with Gasteiger partial charge in [0, 0.05) is 0 Å². The number of rotatable bonds is 2. The Morgan fingerprint density at radius 3 is 2.43 bits per heavy atom. The molecule has 0 fully saturated rings. The molecule has 6 heteroatoms. The van der Waals surface area contributed by atoms with Crippen molar-refractivity contribution in [1.29, 1.82) is 0 Å². The Kier molecular flexibility index (Phi) is 2.39. The van der Waals surface area contributed by atoms with Gasteiger partial charge < -0.3 is 0 Å². The molecule has 1 N–H and O–H groups in total. The Morgan fingerprint density at radius 1 is 1.14 bits per heavy atom. The molecule has 2 aromatic rings. The summed E-state index contributed by atoms with van der Waals surface area (Å²) in [4.78, 5) is 0. The molecule has 0 aliphatic heterocycles. The van der Waals surface area contributed by atoms with Crippen molar-refractivity contribution in [2.45, 2.75) is 4.33 Å². The molecular formula is C8H6Cl2N4. The van der Waals surface area contributed by atoms with Crippen molar-refractivity contribution in [2.75, 3.05) is 0 Å². The largest absolute Gasteiger partial charge is 0.215 e. The molecule has 0 spiro atoms. The Bertz CT molecular complexity index is 399. The SMILES string of the molecule is ClC(Cl)(c1ccccc1)c1nn[nH]n1. The molecule has 0 saturated heterocycles. The van der Waals surface area contributed by atoms with Crippen molar-refractivity contribution in [2.24, 2.45) is 0 Å². The minimum atomic E-state index is -1.26. The molecule has 2 rings (SSSR count). The normalized spacial score (nSPS) is 11.6. The lowest BCUT2D eigenvalue weighted by molar-refractivity contribution is 0.881. The third-order valence-corrected chi connectivity index (χ3v) is 2.54. The van der Waals surface area contributed by atoms with Gasteiger partial charge in [0.1, 0.15) is 0 Å². The van der Waals surface area contributed by atoms with Crippen LogP contribution in [0.25, 0.3) is 0 Å². The van der Waals surface area contributed by atoms with Crippen molar-refractivity contribution in [1.82, 2.24) is 20.6 Å². The van der Waals surface area contributed by atoms with Crippen LogP contribution in [0.5, 0.6) is 0 Å². The van der Waals surface area contributed by atoms with Gasteiger partial charge in [-0.3, -0.25) is 0 Å². The summed E-state index contributed by atoms with van der Waals surface area (Å²) >= 11 is 12.2.